The topological polar surface area (TPSA) is 26.3 Å². The lowest BCUT2D eigenvalue weighted by Crippen LogP contribution is -2.15. The van der Waals surface area contributed by atoms with Crippen LogP contribution in [-0.4, -0.2) is 12.1 Å². The minimum atomic E-state index is -0.269. The number of carbonyl (C=O) groups excluding carboxylic acids is 1. The van der Waals surface area contributed by atoms with Crippen LogP contribution in [0, 0.1) is 11.3 Å². The lowest BCUT2D eigenvalue weighted by atomic mass is 10.1. The molecule has 0 bridgehead atoms. The molecule has 2 nitrogen and oxygen atoms in total. The van der Waals surface area contributed by atoms with E-state index in [0.29, 0.717) is 5.92 Å². The summed E-state index contributed by atoms with van der Waals surface area (Å²) >= 11 is 0. The average molecular weight is 141 g/mol. The smallest absolute Gasteiger partial charge is 0.418 e. The Labute approximate surface area is 61.6 Å². The van der Waals surface area contributed by atoms with E-state index < -0.39 is 0 Å². The lowest BCUT2D eigenvalue weighted by molar-refractivity contribution is 0.129. The normalized spacial score (nSPS) is 42.6. The van der Waals surface area contributed by atoms with E-state index in [4.69, 9.17) is 4.74 Å². The van der Waals surface area contributed by atoms with Crippen molar-refractivity contribution in [3.63, 3.8) is 0 Å². The van der Waals surface area contributed by atoms with Gasteiger partial charge in [0, 0.05) is 11.3 Å². The summed E-state index contributed by atoms with van der Waals surface area (Å²) in [5.41, 5.74) is -0.140. The molecule has 0 aromatic rings. The van der Waals surface area contributed by atoms with Crippen LogP contribution < -0.4 is 0 Å². The molecule has 10 heavy (non-hydrogen) atoms. The molecule has 57 valence electrons. The van der Waals surface area contributed by atoms with Crippen molar-refractivity contribution in [1.82, 2.24) is 0 Å². The van der Waals surface area contributed by atoms with Gasteiger partial charge in [-0.3, -0.25) is 0 Å². The van der Waals surface area contributed by atoms with Crippen molar-refractivity contribution in [3.8, 4) is 0 Å². The maximum atomic E-state index is 9.95. The van der Waals surface area contributed by atoms with Crippen LogP contribution in [0.5, 0.6) is 0 Å². The summed E-state index contributed by atoms with van der Waals surface area (Å²) in [6.07, 6.45) is 0. The Morgan fingerprint density at radius 1 is 1.40 bits per heavy atom. The Morgan fingerprint density at radius 3 is 1.90 bits per heavy atom. The fourth-order valence-electron chi connectivity index (χ4n) is 1.53. The maximum Gasteiger partial charge on any atom is 0.418 e. The zero-order valence-electron chi connectivity index (χ0n) is 6.89. The first-order chi connectivity index (χ1) is 4.47. The summed E-state index contributed by atoms with van der Waals surface area (Å²) in [5.74, 6) is 0.446. The Bertz CT molecular complexity index is 163. The molecule has 1 rings (SSSR count). The molecule has 0 spiro atoms. The van der Waals surface area contributed by atoms with Gasteiger partial charge >= 0.3 is 6.47 Å². The molecule has 0 heterocycles. The maximum absolute atomic E-state index is 9.95. The van der Waals surface area contributed by atoms with Crippen molar-refractivity contribution >= 4 is 6.47 Å². The second kappa shape index (κ2) is 1.74. The fourth-order valence-corrected chi connectivity index (χ4v) is 1.53. The largest absolute Gasteiger partial charge is 0.450 e. The van der Waals surface area contributed by atoms with Crippen molar-refractivity contribution in [2.24, 2.45) is 11.3 Å². The van der Waals surface area contributed by atoms with Crippen molar-refractivity contribution in [2.75, 3.05) is 0 Å². The summed E-state index contributed by atoms with van der Waals surface area (Å²) in [6, 6.07) is 0. The summed E-state index contributed by atoms with van der Waals surface area (Å²) in [5, 5.41) is 0. The zero-order chi connectivity index (χ0) is 7.99. The van der Waals surface area contributed by atoms with Gasteiger partial charge in [0.15, 0.2) is 0 Å². The molecule has 1 fully saturated rings. The monoisotopic (exact) mass is 141 g/mol. The third-order valence-corrected chi connectivity index (χ3v) is 3.36. The predicted octanol–water partition coefficient (Wildman–Crippen LogP) is 1.50. The highest BCUT2D eigenvalue weighted by molar-refractivity contribution is 5.42. The van der Waals surface area contributed by atoms with Crippen molar-refractivity contribution in [3.05, 3.63) is 0 Å². The van der Waals surface area contributed by atoms with Gasteiger partial charge in [0.1, 0.15) is 5.60 Å². The molecule has 1 saturated carbocycles. The van der Waals surface area contributed by atoms with Gasteiger partial charge in [-0.1, -0.05) is 20.8 Å². The summed E-state index contributed by atoms with van der Waals surface area (Å²) in [4.78, 5) is 9.95. The molecule has 2 heteroatoms. The molecule has 0 saturated heterocycles. The molecule has 0 aromatic heterocycles. The molecule has 0 aliphatic heterocycles. The predicted molar refractivity (Wildman–Crippen MR) is 38.1 cm³/mol. The Kier molecular flexibility index (Phi) is 1.32. The number of ether oxygens (including phenoxy) is 1. The lowest BCUT2D eigenvalue weighted by Gasteiger charge is -2.10. The van der Waals surface area contributed by atoms with Gasteiger partial charge in [-0.25, -0.2) is 4.79 Å². The Balaban J connectivity index is 2.67. The summed E-state index contributed by atoms with van der Waals surface area (Å²) < 4.78 is 4.86. The van der Waals surface area contributed by atoms with E-state index in [1.54, 1.807) is 0 Å². The number of hydrogen-bond donors (Lipinski definition) is 0. The molecule has 1 aliphatic rings. The first kappa shape index (κ1) is 7.58. The highest BCUT2D eigenvalue weighted by Crippen LogP contribution is 2.63. The van der Waals surface area contributed by atoms with E-state index in [2.05, 4.69) is 20.8 Å². The molecular weight excluding hydrogens is 128 g/mol. The van der Waals surface area contributed by atoms with E-state index in [-0.39, 0.29) is 11.0 Å². The molecular formula is C8H13O2. The van der Waals surface area contributed by atoms with E-state index in [0.717, 1.165) is 0 Å². The highest BCUT2D eigenvalue weighted by Gasteiger charge is 2.68. The molecule has 0 amide bonds. The first-order valence-electron chi connectivity index (χ1n) is 3.52. The number of rotatable bonds is 2. The highest BCUT2D eigenvalue weighted by atomic mass is 16.5. The van der Waals surface area contributed by atoms with Crippen LogP contribution >= 0.6 is 0 Å². The molecule has 0 N–H and O–H groups in total. The van der Waals surface area contributed by atoms with Crippen LogP contribution in [0.15, 0.2) is 0 Å². The van der Waals surface area contributed by atoms with Gasteiger partial charge in [-0.2, -0.15) is 0 Å². The minimum Gasteiger partial charge on any atom is -0.450 e. The van der Waals surface area contributed by atoms with Gasteiger partial charge in [-0.15, -0.1) is 0 Å². The van der Waals surface area contributed by atoms with Gasteiger partial charge < -0.3 is 4.74 Å². The second-order valence-corrected chi connectivity index (χ2v) is 3.74. The van der Waals surface area contributed by atoms with Crippen LogP contribution in [0.4, 0.5) is 0 Å². The molecule has 0 aromatic carbocycles. The van der Waals surface area contributed by atoms with E-state index in [1.807, 2.05) is 6.92 Å². The fraction of sp³-hybridized carbons (Fsp3) is 0.875. The first-order valence-corrected chi connectivity index (χ1v) is 3.52. The zero-order valence-corrected chi connectivity index (χ0v) is 6.89. The second-order valence-electron chi connectivity index (χ2n) is 3.74. The van der Waals surface area contributed by atoms with Gasteiger partial charge in [0.2, 0.25) is 0 Å². The van der Waals surface area contributed by atoms with Crippen LogP contribution in [0.1, 0.15) is 27.7 Å². The van der Waals surface area contributed by atoms with E-state index >= 15 is 0 Å². The van der Waals surface area contributed by atoms with Gasteiger partial charge in [-0.05, 0) is 6.92 Å². The minimum absolute atomic E-state index is 0.129. The van der Waals surface area contributed by atoms with Crippen molar-refractivity contribution in [2.45, 2.75) is 33.3 Å². The van der Waals surface area contributed by atoms with Crippen LogP contribution in [0.2, 0.25) is 0 Å². The summed E-state index contributed by atoms with van der Waals surface area (Å²) in [6.45, 7) is 9.72. The quantitative estimate of drug-likeness (QED) is 0.582. The summed E-state index contributed by atoms with van der Waals surface area (Å²) in [7, 11) is 0. The van der Waals surface area contributed by atoms with Crippen LogP contribution in [0.3, 0.4) is 0 Å². The standard InChI is InChI=1S/C8H13O2/c1-6-7(2,3)8(6,4)10-5-9/h6H,1-4H3. The van der Waals surface area contributed by atoms with E-state index in [9.17, 15) is 4.79 Å². The average Bonchev–Trinajstić information content (AvgIpc) is 2.17. The van der Waals surface area contributed by atoms with Crippen LogP contribution in [-0.2, 0) is 9.53 Å². The third kappa shape index (κ3) is 0.619. The number of hydrogen-bond acceptors (Lipinski definition) is 2. The Morgan fingerprint density at radius 2 is 1.80 bits per heavy atom. The molecule has 1 aliphatic carbocycles. The Hall–Kier alpha value is -0.530. The van der Waals surface area contributed by atoms with Crippen molar-refractivity contribution < 1.29 is 9.53 Å². The molecule has 2 unspecified atom stereocenters. The van der Waals surface area contributed by atoms with Crippen LogP contribution in [0.25, 0.3) is 0 Å². The van der Waals surface area contributed by atoms with Gasteiger partial charge in [0.25, 0.3) is 0 Å². The molecule has 1 radical (unpaired) electrons. The SMILES string of the molecule is CC1C(C)(C)C1(C)O[C]=O. The van der Waals surface area contributed by atoms with Gasteiger partial charge in [0.05, 0.1) is 0 Å². The van der Waals surface area contributed by atoms with Crippen molar-refractivity contribution in [1.29, 1.82) is 0 Å². The third-order valence-electron chi connectivity index (χ3n) is 3.36. The molecule has 2 atom stereocenters. The van der Waals surface area contributed by atoms with E-state index in [1.165, 1.54) is 6.47 Å².